The van der Waals surface area contributed by atoms with Gasteiger partial charge < -0.3 is 15.0 Å². The summed E-state index contributed by atoms with van der Waals surface area (Å²) < 4.78 is 1.99. The minimum atomic E-state index is -0.408. The molecule has 2 N–H and O–H groups in total. The normalized spacial score (nSPS) is 17.3. The zero-order valence-corrected chi connectivity index (χ0v) is 16.7. The number of carbonyl (C=O) groups excluding carboxylic acids is 2. The van der Waals surface area contributed by atoms with Crippen molar-refractivity contribution >= 4 is 23.1 Å². The molecular weight excluding hydrogens is 366 g/mol. The second-order valence-corrected chi connectivity index (χ2v) is 7.36. The Hall–Kier alpha value is -3.19. The summed E-state index contributed by atoms with van der Waals surface area (Å²) in [7, 11) is 0. The molecule has 4 rings (SSSR count). The highest BCUT2D eigenvalue weighted by atomic mass is 16.2. The fourth-order valence-corrected chi connectivity index (χ4v) is 3.70. The number of benzene rings is 1. The third kappa shape index (κ3) is 4.14. The number of piperazine rings is 1. The summed E-state index contributed by atoms with van der Waals surface area (Å²) in [6.45, 7) is 6.20. The lowest BCUT2D eigenvalue weighted by atomic mass is 10.1. The molecule has 1 saturated heterocycles. The quantitative estimate of drug-likeness (QED) is 0.700. The number of imidazole rings is 1. The van der Waals surface area contributed by atoms with Gasteiger partial charge >= 0.3 is 0 Å². The Morgan fingerprint density at radius 1 is 1.28 bits per heavy atom. The highest BCUT2D eigenvalue weighted by molar-refractivity contribution is 5.95. The predicted molar refractivity (Wildman–Crippen MR) is 113 cm³/mol. The van der Waals surface area contributed by atoms with Crippen LogP contribution in [0.3, 0.4) is 0 Å². The van der Waals surface area contributed by atoms with Crippen LogP contribution in [0.5, 0.6) is 0 Å². The lowest BCUT2D eigenvalue weighted by molar-refractivity contribution is -0.132. The van der Waals surface area contributed by atoms with Crippen molar-refractivity contribution in [1.82, 2.24) is 19.6 Å². The number of aryl methyl sites for hydroxylation is 1. The van der Waals surface area contributed by atoms with E-state index < -0.39 is 6.04 Å². The van der Waals surface area contributed by atoms with Crippen molar-refractivity contribution in [3.05, 3.63) is 54.4 Å². The molecule has 0 saturated carbocycles. The Morgan fingerprint density at radius 2 is 2.07 bits per heavy atom. The van der Waals surface area contributed by atoms with Gasteiger partial charge in [-0.1, -0.05) is 19.1 Å². The molecule has 3 heterocycles. The number of anilines is 1. The summed E-state index contributed by atoms with van der Waals surface area (Å²) in [6.07, 6.45) is 4.13. The van der Waals surface area contributed by atoms with E-state index in [-0.39, 0.29) is 18.2 Å². The van der Waals surface area contributed by atoms with Gasteiger partial charge in [-0.15, -0.1) is 0 Å². The number of rotatable bonds is 5. The molecule has 0 spiro atoms. The molecule has 0 radical (unpaired) electrons. The number of hydrogen-bond donors (Lipinski definition) is 2. The third-order valence-electron chi connectivity index (χ3n) is 5.31. The molecule has 0 unspecified atom stereocenters. The van der Waals surface area contributed by atoms with Crippen molar-refractivity contribution in [3.8, 4) is 11.3 Å². The number of likely N-dealkylation sites (N-methyl/N-ethyl adjacent to an activating group) is 1. The Kier molecular flexibility index (Phi) is 5.31. The van der Waals surface area contributed by atoms with Crippen LogP contribution in [0.15, 0.2) is 48.8 Å². The molecule has 0 bridgehead atoms. The van der Waals surface area contributed by atoms with E-state index in [1.165, 1.54) is 5.56 Å². The van der Waals surface area contributed by atoms with Crippen LogP contribution in [0.1, 0.15) is 18.9 Å². The van der Waals surface area contributed by atoms with Crippen LogP contribution < -0.4 is 10.6 Å². The van der Waals surface area contributed by atoms with E-state index in [1.54, 1.807) is 0 Å². The molecule has 150 valence electrons. The zero-order chi connectivity index (χ0) is 20.4. The Morgan fingerprint density at radius 3 is 2.83 bits per heavy atom. The fourth-order valence-electron chi connectivity index (χ4n) is 3.70. The maximum Gasteiger partial charge on any atom is 0.237 e. The molecule has 1 aromatic carbocycles. The van der Waals surface area contributed by atoms with Crippen molar-refractivity contribution in [3.63, 3.8) is 0 Å². The maximum atomic E-state index is 12.5. The summed E-state index contributed by atoms with van der Waals surface area (Å²) in [4.78, 5) is 31.3. The number of fused-ring (bicyclic) bond motifs is 1. The maximum absolute atomic E-state index is 12.5. The largest absolute Gasteiger partial charge is 0.353 e. The summed E-state index contributed by atoms with van der Waals surface area (Å²) in [5, 5.41) is 5.73. The fraction of sp³-hybridized carbons (Fsp3) is 0.318. The van der Waals surface area contributed by atoms with Gasteiger partial charge in [0.2, 0.25) is 11.8 Å². The second-order valence-electron chi connectivity index (χ2n) is 7.36. The lowest BCUT2D eigenvalue weighted by Gasteiger charge is -2.33. The molecule has 1 atom stereocenters. The molecular formula is C22H25N5O2. The van der Waals surface area contributed by atoms with Gasteiger partial charge in [-0.2, -0.15) is 0 Å². The van der Waals surface area contributed by atoms with Gasteiger partial charge in [-0.3, -0.25) is 14.5 Å². The van der Waals surface area contributed by atoms with Crippen LogP contribution in [0, 0.1) is 6.92 Å². The first kappa shape index (κ1) is 19.1. The second kappa shape index (κ2) is 8.05. The molecule has 1 aliphatic heterocycles. The third-order valence-corrected chi connectivity index (χ3v) is 5.31. The van der Waals surface area contributed by atoms with Crippen molar-refractivity contribution in [2.24, 2.45) is 0 Å². The summed E-state index contributed by atoms with van der Waals surface area (Å²) in [5.74, 6) is -0.243. The van der Waals surface area contributed by atoms with E-state index in [1.807, 2.05) is 71.9 Å². The monoisotopic (exact) mass is 391 g/mol. The zero-order valence-electron chi connectivity index (χ0n) is 16.7. The van der Waals surface area contributed by atoms with Crippen molar-refractivity contribution in [2.75, 3.05) is 25.0 Å². The standard InChI is InChI=1S/C22H25N5O2/c1-3-26-11-9-23-22(29)19(26)13-21(28)24-17-6-4-16(5-7-17)18-14-27-10-8-15(2)12-20(27)25-18/h4-8,10,12,14,19H,3,9,11,13H2,1-2H3,(H,23,29)(H,24,28)/t19-/m0/s1. The van der Waals surface area contributed by atoms with Crippen LogP contribution in [0.25, 0.3) is 16.9 Å². The van der Waals surface area contributed by atoms with Gasteiger partial charge in [0.1, 0.15) is 5.65 Å². The Labute approximate surface area is 169 Å². The molecule has 1 fully saturated rings. The highest BCUT2D eigenvalue weighted by Crippen LogP contribution is 2.22. The Bertz CT molecular complexity index is 1040. The number of amides is 2. The molecule has 0 aliphatic carbocycles. The topological polar surface area (TPSA) is 78.7 Å². The summed E-state index contributed by atoms with van der Waals surface area (Å²) in [6, 6.07) is 11.3. The Balaban J connectivity index is 1.43. The van der Waals surface area contributed by atoms with Crippen molar-refractivity contribution < 1.29 is 9.59 Å². The SMILES string of the molecule is CCN1CCNC(=O)[C@@H]1CC(=O)Nc1ccc(-c2cn3ccc(C)cc3n2)cc1. The van der Waals surface area contributed by atoms with Crippen LogP contribution in [-0.4, -0.2) is 51.8 Å². The number of hydrogen-bond acceptors (Lipinski definition) is 4. The first-order chi connectivity index (χ1) is 14.0. The van der Waals surface area contributed by atoms with E-state index >= 15 is 0 Å². The average molecular weight is 391 g/mol. The van der Waals surface area contributed by atoms with Gasteiger partial charge in [0.25, 0.3) is 0 Å². The summed E-state index contributed by atoms with van der Waals surface area (Å²) in [5.41, 5.74) is 4.64. The summed E-state index contributed by atoms with van der Waals surface area (Å²) >= 11 is 0. The number of carbonyl (C=O) groups is 2. The van der Waals surface area contributed by atoms with E-state index in [2.05, 4.69) is 15.6 Å². The number of nitrogens with one attached hydrogen (secondary N) is 2. The smallest absolute Gasteiger partial charge is 0.237 e. The molecule has 3 aromatic rings. The van der Waals surface area contributed by atoms with Gasteiger partial charge in [0.15, 0.2) is 0 Å². The van der Waals surface area contributed by atoms with Gasteiger partial charge in [-0.25, -0.2) is 4.98 Å². The van der Waals surface area contributed by atoms with Gasteiger partial charge in [0.05, 0.1) is 18.2 Å². The van der Waals surface area contributed by atoms with Crippen molar-refractivity contribution in [2.45, 2.75) is 26.3 Å². The van der Waals surface area contributed by atoms with Crippen LogP contribution >= 0.6 is 0 Å². The number of nitrogens with zero attached hydrogens (tertiary/aromatic N) is 3. The van der Waals surface area contributed by atoms with E-state index in [4.69, 9.17) is 0 Å². The number of pyridine rings is 1. The minimum Gasteiger partial charge on any atom is -0.353 e. The molecule has 2 amide bonds. The predicted octanol–water partition coefficient (Wildman–Crippen LogP) is 2.46. The molecule has 7 heteroatoms. The first-order valence-corrected chi connectivity index (χ1v) is 9.91. The van der Waals surface area contributed by atoms with E-state index in [0.717, 1.165) is 30.0 Å². The van der Waals surface area contributed by atoms with Crippen molar-refractivity contribution in [1.29, 1.82) is 0 Å². The van der Waals surface area contributed by atoms with Gasteiger partial charge in [0, 0.05) is 36.7 Å². The van der Waals surface area contributed by atoms with E-state index in [9.17, 15) is 9.59 Å². The van der Waals surface area contributed by atoms with E-state index in [0.29, 0.717) is 12.2 Å². The average Bonchev–Trinajstić information content (AvgIpc) is 3.13. The van der Waals surface area contributed by atoms with Crippen LogP contribution in [0.2, 0.25) is 0 Å². The molecule has 1 aliphatic rings. The number of aromatic nitrogens is 2. The first-order valence-electron chi connectivity index (χ1n) is 9.91. The lowest BCUT2D eigenvalue weighted by Crippen LogP contribution is -2.56. The molecule has 7 nitrogen and oxygen atoms in total. The van der Waals surface area contributed by atoms with Crippen LogP contribution in [-0.2, 0) is 9.59 Å². The molecule has 29 heavy (non-hydrogen) atoms. The van der Waals surface area contributed by atoms with Crippen LogP contribution in [0.4, 0.5) is 5.69 Å². The minimum absolute atomic E-state index is 0.0781. The molecule has 2 aromatic heterocycles. The highest BCUT2D eigenvalue weighted by Gasteiger charge is 2.30. The van der Waals surface area contributed by atoms with Gasteiger partial charge in [-0.05, 0) is 43.3 Å².